The van der Waals surface area contributed by atoms with Gasteiger partial charge in [-0.15, -0.1) is 11.3 Å². The molecular formula is C20H17N5O3S. The quantitative estimate of drug-likeness (QED) is 0.300. The summed E-state index contributed by atoms with van der Waals surface area (Å²) < 4.78 is 11.4. The summed E-state index contributed by atoms with van der Waals surface area (Å²) in [6.07, 6.45) is 0. The lowest BCUT2D eigenvalue weighted by Gasteiger charge is -2.00. The highest BCUT2D eigenvalue weighted by Gasteiger charge is 2.25. The van der Waals surface area contributed by atoms with Crippen LogP contribution in [0.5, 0.6) is 11.7 Å². The summed E-state index contributed by atoms with van der Waals surface area (Å²) in [7, 11) is 1.59. The molecular weight excluding hydrogens is 390 g/mol. The van der Waals surface area contributed by atoms with Gasteiger partial charge in [-0.1, -0.05) is 30.3 Å². The minimum atomic E-state index is -0.568. The van der Waals surface area contributed by atoms with Gasteiger partial charge in [0, 0.05) is 17.5 Å². The molecule has 2 aromatic heterocycles. The number of ether oxygens (including phenoxy) is 1. The van der Waals surface area contributed by atoms with Crippen molar-refractivity contribution < 1.29 is 19.0 Å². The molecule has 146 valence electrons. The number of hydrazone groups is 1. The highest BCUT2D eigenvalue weighted by atomic mass is 32.1. The largest absolute Gasteiger partial charge is 0.539 e. The van der Waals surface area contributed by atoms with Crippen molar-refractivity contribution in [2.75, 3.05) is 12.5 Å². The molecule has 0 fully saturated rings. The van der Waals surface area contributed by atoms with E-state index in [-0.39, 0.29) is 5.69 Å². The second kappa shape index (κ2) is 8.11. The van der Waals surface area contributed by atoms with Crippen LogP contribution in [0.3, 0.4) is 0 Å². The standard InChI is InChI=1S/C20H17N5O3S/c1-13(14-6-4-3-5-7-14)22-23-20-21-17(12-29-20)18-19(26)28-24-25(18)15-8-10-16(27-2)11-9-15/h3-12H,1-2H3,(H-,21,23,24,26)/b22-13+. The number of nitrogens with zero attached hydrogens (tertiary/aromatic N) is 4. The summed E-state index contributed by atoms with van der Waals surface area (Å²) in [5.74, 6) is 0.134. The van der Waals surface area contributed by atoms with Crippen molar-refractivity contribution in [1.29, 1.82) is 0 Å². The molecule has 4 rings (SSSR count). The first kappa shape index (κ1) is 18.6. The Hall–Kier alpha value is -3.72. The number of hydrogen-bond donors (Lipinski definition) is 1. The van der Waals surface area contributed by atoms with Crippen LogP contribution >= 0.6 is 11.3 Å². The Morgan fingerprint density at radius 1 is 1.17 bits per heavy atom. The number of anilines is 1. The molecule has 2 aromatic carbocycles. The van der Waals surface area contributed by atoms with Gasteiger partial charge in [-0.3, -0.25) is 5.43 Å². The lowest BCUT2D eigenvalue weighted by molar-refractivity contribution is -0.660. The molecule has 8 nitrogen and oxygen atoms in total. The van der Waals surface area contributed by atoms with Crippen molar-refractivity contribution in [3.63, 3.8) is 0 Å². The zero-order valence-electron chi connectivity index (χ0n) is 15.7. The minimum Gasteiger partial charge on any atom is -0.539 e. The van der Waals surface area contributed by atoms with E-state index in [9.17, 15) is 5.11 Å². The van der Waals surface area contributed by atoms with Crippen molar-refractivity contribution >= 4 is 22.2 Å². The smallest absolute Gasteiger partial charge is 0.289 e. The lowest BCUT2D eigenvalue weighted by atomic mass is 10.1. The molecule has 0 bridgehead atoms. The van der Waals surface area contributed by atoms with Crippen molar-refractivity contribution in [2.24, 2.45) is 5.10 Å². The normalized spacial score (nSPS) is 11.4. The van der Waals surface area contributed by atoms with Gasteiger partial charge in [0.15, 0.2) is 11.6 Å². The Bertz CT molecular complexity index is 1140. The fraction of sp³-hybridized carbons (Fsp3) is 0.100. The van der Waals surface area contributed by atoms with Crippen LogP contribution in [-0.2, 0) is 0 Å². The highest BCUT2D eigenvalue weighted by molar-refractivity contribution is 7.14. The van der Waals surface area contributed by atoms with Crippen LogP contribution in [0.1, 0.15) is 12.5 Å². The molecule has 1 N–H and O–H groups in total. The minimum absolute atomic E-state index is 0.239. The van der Waals surface area contributed by atoms with Gasteiger partial charge in [-0.25, -0.2) is 4.98 Å². The van der Waals surface area contributed by atoms with Gasteiger partial charge >= 0.3 is 0 Å². The van der Waals surface area contributed by atoms with Crippen LogP contribution in [0.15, 0.2) is 69.6 Å². The van der Waals surface area contributed by atoms with Crippen LogP contribution in [0.4, 0.5) is 5.13 Å². The predicted molar refractivity (Wildman–Crippen MR) is 107 cm³/mol. The van der Waals surface area contributed by atoms with Gasteiger partial charge in [0.25, 0.3) is 5.69 Å². The van der Waals surface area contributed by atoms with Gasteiger partial charge in [-0.2, -0.15) is 5.10 Å². The molecule has 0 unspecified atom stereocenters. The maximum Gasteiger partial charge on any atom is 0.289 e. The molecule has 29 heavy (non-hydrogen) atoms. The van der Waals surface area contributed by atoms with Crippen LogP contribution < -0.4 is 20.0 Å². The van der Waals surface area contributed by atoms with Gasteiger partial charge in [-0.05, 0) is 29.3 Å². The fourth-order valence-corrected chi connectivity index (χ4v) is 3.31. The average Bonchev–Trinajstić information content (AvgIpc) is 3.39. The maximum absolute atomic E-state index is 12.2. The van der Waals surface area contributed by atoms with E-state index in [1.165, 1.54) is 16.0 Å². The van der Waals surface area contributed by atoms with E-state index >= 15 is 0 Å². The van der Waals surface area contributed by atoms with Gasteiger partial charge in [0.2, 0.25) is 10.8 Å². The third kappa shape index (κ3) is 3.94. The summed E-state index contributed by atoms with van der Waals surface area (Å²) in [6.45, 7) is 1.91. The Kier molecular flexibility index (Phi) is 5.21. The Morgan fingerprint density at radius 3 is 2.66 bits per heavy atom. The summed E-state index contributed by atoms with van der Waals surface area (Å²) in [5, 5.41) is 22.7. The Labute approximate surface area is 170 Å². The monoisotopic (exact) mass is 407 g/mol. The number of nitrogens with one attached hydrogen (secondary N) is 1. The van der Waals surface area contributed by atoms with Gasteiger partial charge < -0.3 is 14.4 Å². The first-order valence-electron chi connectivity index (χ1n) is 8.71. The number of rotatable bonds is 6. The van der Waals surface area contributed by atoms with E-state index in [0.29, 0.717) is 22.3 Å². The van der Waals surface area contributed by atoms with Crippen LogP contribution in [0.2, 0.25) is 0 Å². The van der Waals surface area contributed by atoms with Crippen LogP contribution in [0.25, 0.3) is 17.1 Å². The Balaban J connectivity index is 1.59. The summed E-state index contributed by atoms with van der Waals surface area (Å²) >= 11 is 1.33. The molecule has 0 spiro atoms. The first-order valence-corrected chi connectivity index (χ1v) is 9.59. The van der Waals surface area contributed by atoms with E-state index in [2.05, 4.69) is 20.8 Å². The summed E-state index contributed by atoms with van der Waals surface area (Å²) in [5.41, 5.74) is 6.12. The van der Waals surface area contributed by atoms with E-state index in [0.717, 1.165) is 11.3 Å². The third-order valence-corrected chi connectivity index (χ3v) is 4.93. The van der Waals surface area contributed by atoms with Crippen LogP contribution in [-0.4, -0.2) is 23.1 Å². The molecule has 4 aromatic rings. The molecule has 9 heteroatoms. The SMILES string of the molecule is COc1ccc(-[n+]2noc([O-])c2-c2csc(N/N=C(\C)c3ccccc3)n2)cc1. The molecule has 0 aliphatic carbocycles. The number of hydrogen-bond acceptors (Lipinski definition) is 8. The molecule has 0 atom stereocenters. The second-order valence-corrected chi connectivity index (χ2v) is 6.89. The molecule has 0 radical (unpaired) electrons. The van der Waals surface area contributed by atoms with Gasteiger partial charge in [0.05, 0.1) is 18.1 Å². The van der Waals surface area contributed by atoms with E-state index < -0.39 is 5.95 Å². The zero-order valence-corrected chi connectivity index (χ0v) is 16.5. The number of methoxy groups -OCH3 is 1. The second-order valence-electron chi connectivity index (χ2n) is 6.03. The molecule has 0 aliphatic rings. The number of benzene rings is 2. The average molecular weight is 407 g/mol. The van der Waals surface area contributed by atoms with E-state index in [4.69, 9.17) is 9.26 Å². The van der Waals surface area contributed by atoms with Crippen molar-refractivity contribution in [1.82, 2.24) is 10.3 Å². The first-order chi connectivity index (χ1) is 14.2. The number of aromatic nitrogens is 3. The van der Waals surface area contributed by atoms with Gasteiger partial charge in [0.1, 0.15) is 5.75 Å². The molecule has 2 heterocycles. The lowest BCUT2D eigenvalue weighted by Crippen LogP contribution is -2.34. The van der Waals surface area contributed by atoms with E-state index in [1.807, 2.05) is 37.3 Å². The molecule has 0 aliphatic heterocycles. The molecule has 0 saturated carbocycles. The molecule has 0 amide bonds. The fourth-order valence-electron chi connectivity index (χ4n) is 2.67. The Morgan fingerprint density at radius 2 is 1.93 bits per heavy atom. The number of thiazole rings is 1. The highest BCUT2D eigenvalue weighted by Crippen LogP contribution is 2.28. The van der Waals surface area contributed by atoms with E-state index in [1.54, 1.807) is 36.8 Å². The molecule has 0 saturated heterocycles. The summed E-state index contributed by atoms with van der Waals surface area (Å²) in [6, 6.07) is 16.9. The van der Waals surface area contributed by atoms with Crippen molar-refractivity contribution in [3.05, 3.63) is 65.5 Å². The van der Waals surface area contributed by atoms with Crippen LogP contribution in [0, 0.1) is 0 Å². The van der Waals surface area contributed by atoms with Crippen molar-refractivity contribution in [3.8, 4) is 28.8 Å². The maximum atomic E-state index is 12.2. The predicted octanol–water partition coefficient (Wildman–Crippen LogP) is 2.99. The zero-order chi connectivity index (χ0) is 20.2. The van der Waals surface area contributed by atoms with Crippen molar-refractivity contribution in [2.45, 2.75) is 6.92 Å². The third-order valence-electron chi connectivity index (χ3n) is 4.19. The topological polar surface area (TPSA) is 99.5 Å². The summed E-state index contributed by atoms with van der Waals surface area (Å²) in [4.78, 5) is 4.45.